The summed E-state index contributed by atoms with van der Waals surface area (Å²) in [5, 5.41) is 3.13. The third kappa shape index (κ3) is 7.88. The van der Waals surface area contributed by atoms with E-state index in [-0.39, 0.29) is 23.9 Å². The lowest BCUT2D eigenvalue weighted by Crippen LogP contribution is -2.32. The van der Waals surface area contributed by atoms with Crippen LogP contribution < -0.4 is 24.3 Å². The number of fused-ring (bicyclic) bond motifs is 4. The van der Waals surface area contributed by atoms with E-state index in [0.717, 1.165) is 47.2 Å². The molecule has 2 atom stereocenters. The standard InChI is InChI=1S/C46H45N5O8/c1-47-33-14-12-29(13-15-33)32-19-35-25-49-39-23-43(41(56-3)21-37(39)45(53)51(35)27-32)59-17-7-5-6-16-58-42-22-38-36(20-40(42)55-2)44(52)50-26-31(18-34(50)24-48-38)28-8-10-30(11-9-28)46(54)57-4/h8-15,20-27,34-35,47H,5-7,16-19H2,1-4H3/t34-,35-/m0/s1. The quantitative estimate of drug-likeness (QED) is 0.0991. The van der Waals surface area contributed by atoms with Crippen molar-refractivity contribution >= 4 is 58.4 Å². The molecule has 0 unspecified atom stereocenters. The van der Waals surface area contributed by atoms with Gasteiger partial charge in [-0.15, -0.1) is 0 Å². The number of unbranched alkanes of at least 4 members (excludes halogenated alkanes) is 2. The molecule has 0 aromatic heterocycles. The molecule has 1 N–H and O–H groups in total. The number of carbonyl (C=O) groups is 3. The van der Waals surface area contributed by atoms with Gasteiger partial charge >= 0.3 is 5.97 Å². The van der Waals surface area contributed by atoms with Gasteiger partial charge in [0, 0.05) is 62.5 Å². The Morgan fingerprint density at radius 2 is 1.14 bits per heavy atom. The zero-order valence-corrected chi connectivity index (χ0v) is 33.4. The Bertz CT molecular complexity index is 2400. The number of esters is 1. The number of hydrogen-bond donors (Lipinski definition) is 1. The highest BCUT2D eigenvalue weighted by atomic mass is 16.5. The molecular formula is C46H45N5O8. The number of nitrogens with zero attached hydrogens (tertiary/aromatic N) is 4. The third-order valence-electron chi connectivity index (χ3n) is 11.0. The average Bonchev–Trinajstić information content (AvgIpc) is 3.85. The fourth-order valence-corrected chi connectivity index (χ4v) is 7.68. The van der Waals surface area contributed by atoms with Gasteiger partial charge in [0.05, 0.1) is 74.7 Å². The summed E-state index contributed by atoms with van der Waals surface area (Å²) in [5.41, 5.74) is 7.48. The minimum atomic E-state index is -0.399. The Hall–Kier alpha value is -6.89. The molecule has 0 bridgehead atoms. The van der Waals surface area contributed by atoms with E-state index < -0.39 is 5.97 Å². The lowest BCUT2D eigenvalue weighted by molar-refractivity contribution is 0.0600. The van der Waals surface area contributed by atoms with Crippen molar-refractivity contribution in [3.63, 3.8) is 0 Å². The molecule has 4 heterocycles. The largest absolute Gasteiger partial charge is 0.493 e. The van der Waals surface area contributed by atoms with Crippen LogP contribution in [0.1, 0.15) is 74.3 Å². The predicted octanol–water partition coefficient (Wildman–Crippen LogP) is 8.10. The number of carbonyl (C=O) groups excluding carboxylic acids is 3. The van der Waals surface area contributed by atoms with E-state index in [2.05, 4.69) is 17.4 Å². The van der Waals surface area contributed by atoms with Crippen molar-refractivity contribution in [3.8, 4) is 23.0 Å². The summed E-state index contributed by atoms with van der Waals surface area (Å²) in [7, 11) is 6.34. The molecule has 0 radical (unpaired) electrons. The molecule has 0 saturated carbocycles. The number of amides is 2. The summed E-state index contributed by atoms with van der Waals surface area (Å²) in [4.78, 5) is 52.2. The van der Waals surface area contributed by atoms with E-state index in [0.29, 0.717) is 77.1 Å². The highest BCUT2D eigenvalue weighted by Crippen LogP contribution is 2.42. The Morgan fingerprint density at radius 1 is 0.661 bits per heavy atom. The Balaban J connectivity index is 0.844. The molecular weight excluding hydrogens is 751 g/mol. The highest BCUT2D eigenvalue weighted by Gasteiger charge is 2.35. The first-order chi connectivity index (χ1) is 28.8. The number of ether oxygens (including phenoxy) is 5. The second kappa shape index (κ2) is 16.9. The van der Waals surface area contributed by atoms with Crippen molar-refractivity contribution in [3.05, 3.63) is 113 Å². The lowest BCUT2D eigenvalue weighted by Gasteiger charge is -2.19. The van der Waals surface area contributed by atoms with Crippen molar-refractivity contribution in [1.82, 2.24) is 9.80 Å². The van der Waals surface area contributed by atoms with Gasteiger partial charge in [0.15, 0.2) is 23.0 Å². The molecule has 0 fully saturated rings. The first kappa shape index (κ1) is 39.0. The van der Waals surface area contributed by atoms with Crippen molar-refractivity contribution < 1.29 is 38.1 Å². The van der Waals surface area contributed by atoms with Crippen LogP contribution in [0, 0.1) is 0 Å². The Labute approximate surface area is 342 Å². The van der Waals surface area contributed by atoms with E-state index >= 15 is 0 Å². The van der Waals surface area contributed by atoms with E-state index in [9.17, 15) is 14.4 Å². The summed E-state index contributed by atoms with van der Waals surface area (Å²) in [5.74, 6) is 1.25. The summed E-state index contributed by atoms with van der Waals surface area (Å²) < 4.78 is 28.4. The Morgan fingerprint density at radius 3 is 1.58 bits per heavy atom. The highest BCUT2D eigenvalue weighted by molar-refractivity contribution is 6.06. The van der Waals surface area contributed by atoms with Crippen molar-refractivity contribution in [2.75, 3.05) is 46.9 Å². The topological polar surface area (TPSA) is 141 Å². The molecule has 0 aliphatic carbocycles. The number of aliphatic imine (C=N–C) groups is 2. The monoisotopic (exact) mass is 795 g/mol. The molecule has 4 aromatic carbocycles. The first-order valence-electron chi connectivity index (χ1n) is 19.6. The molecule has 4 aliphatic rings. The summed E-state index contributed by atoms with van der Waals surface area (Å²) in [6.07, 6.45) is 11.0. The molecule has 59 heavy (non-hydrogen) atoms. The van der Waals surface area contributed by atoms with Crippen LogP contribution in [-0.2, 0) is 4.74 Å². The second-order valence-electron chi connectivity index (χ2n) is 14.5. The number of rotatable bonds is 14. The van der Waals surface area contributed by atoms with Gasteiger partial charge in [0.1, 0.15) is 0 Å². The molecule has 0 spiro atoms. The van der Waals surface area contributed by atoms with Crippen molar-refractivity contribution in [2.45, 2.75) is 44.2 Å². The van der Waals surface area contributed by atoms with E-state index in [1.165, 1.54) is 7.11 Å². The van der Waals surface area contributed by atoms with Crippen LogP contribution in [0.5, 0.6) is 23.0 Å². The minimum absolute atomic E-state index is 0.132. The summed E-state index contributed by atoms with van der Waals surface area (Å²) in [6.45, 7) is 0.863. The van der Waals surface area contributed by atoms with Gasteiger partial charge < -0.3 is 38.8 Å². The molecule has 13 nitrogen and oxygen atoms in total. The first-order valence-corrected chi connectivity index (χ1v) is 19.6. The fourth-order valence-electron chi connectivity index (χ4n) is 7.68. The number of nitrogens with one attached hydrogen (secondary N) is 1. The maximum Gasteiger partial charge on any atom is 0.337 e. The van der Waals surface area contributed by atoms with Gasteiger partial charge in [-0.05, 0) is 77.9 Å². The van der Waals surface area contributed by atoms with Crippen LogP contribution in [0.15, 0.2) is 95.2 Å². The van der Waals surface area contributed by atoms with Gasteiger partial charge in [0.2, 0.25) is 0 Å². The van der Waals surface area contributed by atoms with Crippen LogP contribution in [-0.4, -0.2) is 93.7 Å². The molecule has 13 heteroatoms. The maximum atomic E-state index is 13.8. The SMILES string of the molecule is CNc1ccc(C2=CN3C(=O)c4cc(OC)c(OCCCCCOc5cc6c(cc5OC)C(=O)N5C=C(c7ccc(C(=O)OC)cc7)C[C@H]5C=N6)cc4N=C[C@@H]3C2)cc1. The van der Waals surface area contributed by atoms with E-state index in [4.69, 9.17) is 33.7 Å². The number of hydrogen-bond acceptors (Lipinski definition) is 11. The van der Waals surface area contributed by atoms with E-state index in [1.807, 2.05) is 49.9 Å². The number of benzene rings is 4. The smallest absolute Gasteiger partial charge is 0.337 e. The lowest BCUT2D eigenvalue weighted by atomic mass is 10.0. The molecule has 8 rings (SSSR count). The van der Waals surface area contributed by atoms with Crippen molar-refractivity contribution in [2.24, 2.45) is 9.98 Å². The van der Waals surface area contributed by atoms with Crippen LogP contribution >= 0.6 is 0 Å². The normalized spacial score (nSPS) is 17.5. The van der Waals surface area contributed by atoms with Gasteiger partial charge in [-0.1, -0.05) is 24.3 Å². The third-order valence-corrected chi connectivity index (χ3v) is 11.0. The van der Waals surface area contributed by atoms with Crippen molar-refractivity contribution in [1.29, 1.82) is 0 Å². The molecule has 2 amide bonds. The zero-order chi connectivity index (χ0) is 41.0. The fraction of sp³-hybridized carbons (Fsp3) is 0.283. The predicted molar refractivity (Wildman–Crippen MR) is 226 cm³/mol. The van der Waals surface area contributed by atoms with E-state index in [1.54, 1.807) is 66.6 Å². The molecule has 302 valence electrons. The molecule has 0 saturated heterocycles. The van der Waals surface area contributed by atoms with Gasteiger partial charge in [0.25, 0.3) is 11.8 Å². The molecule has 4 aromatic rings. The van der Waals surface area contributed by atoms with Gasteiger partial charge in [-0.2, -0.15) is 0 Å². The number of methoxy groups -OCH3 is 3. The maximum absolute atomic E-state index is 13.8. The Kier molecular flexibility index (Phi) is 11.2. The summed E-state index contributed by atoms with van der Waals surface area (Å²) in [6, 6.07) is 21.8. The minimum Gasteiger partial charge on any atom is -0.493 e. The van der Waals surface area contributed by atoms with Gasteiger partial charge in [-0.3, -0.25) is 19.6 Å². The van der Waals surface area contributed by atoms with Crippen LogP contribution in [0.4, 0.5) is 17.1 Å². The second-order valence-corrected chi connectivity index (χ2v) is 14.5. The summed E-state index contributed by atoms with van der Waals surface area (Å²) >= 11 is 0. The van der Waals surface area contributed by atoms with Gasteiger partial charge in [-0.25, -0.2) is 4.79 Å². The zero-order valence-electron chi connectivity index (χ0n) is 33.4. The average molecular weight is 796 g/mol. The van der Waals surface area contributed by atoms with Crippen LogP contribution in [0.25, 0.3) is 11.1 Å². The molecule has 4 aliphatic heterocycles. The number of anilines is 1. The van der Waals surface area contributed by atoms with Crippen LogP contribution in [0.3, 0.4) is 0 Å². The van der Waals surface area contributed by atoms with Crippen LogP contribution in [0.2, 0.25) is 0 Å².